The smallest absolute Gasteiger partial charge is 0.275 e. The maximum Gasteiger partial charge on any atom is 0.275 e. The minimum atomic E-state index is 0.0207. The third-order valence-corrected chi connectivity index (χ3v) is 4.99. The second-order valence-corrected chi connectivity index (χ2v) is 6.52. The van der Waals surface area contributed by atoms with Gasteiger partial charge in [0.2, 0.25) is 0 Å². The van der Waals surface area contributed by atoms with Crippen LogP contribution in [0.4, 0.5) is 0 Å². The van der Waals surface area contributed by atoms with E-state index in [1.54, 1.807) is 12.5 Å². The van der Waals surface area contributed by atoms with Gasteiger partial charge in [0.15, 0.2) is 5.69 Å². The zero-order valence-corrected chi connectivity index (χ0v) is 14.1. The van der Waals surface area contributed by atoms with E-state index in [0.717, 1.165) is 38.1 Å². The summed E-state index contributed by atoms with van der Waals surface area (Å²) in [6.07, 6.45) is 4.39. The lowest BCUT2D eigenvalue weighted by Crippen LogP contribution is -2.38. The SMILES string of the molecule is COc1ccc(CCC2CCN(C(=O)c3csnn3)CC2)cc1. The highest BCUT2D eigenvalue weighted by molar-refractivity contribution is 7.03. The Labute approximate surface area is 140 Å². The Hall–Kier alpha value is -1.95. The monoisotopic (exact) mass is 331 g/mol. The number of rotatable bonds is 5. The first-order chi connectivity index (χ1) is 11.3. The van der Waals surface area contributed by atoms with Crippen LogP contribution < -0.4 is 4.74 Å². The number of ether oxygens (including phenoxy) is 1. The molecule has 2 heterocycles. The van der Waals surface area contributed by atoms with Gasteiger partial charge in [-0.15, -0.1) is 5.10 Å². The summed E-state index contributed by atoms with van der Waals surface area (Å²) in [5.74, 6) is 1.61. The molecule has 23 heavy (non-hydrogen) atoms. The van der Waals surface area contributed by atoms with E-state index in [9.17, 15) is 4.79 Å². The van der Waals surface area contributed by atoms with Crippen LogP contribution in [0, 0.1) is 5.92 Å². The molecule has 1 amide bonds. The molecule has 0 atom stereocenters. The first kappa shape index (κ1) is 15.9. The lowest BCUT2D eigenvalue weighted by molar-refractivity contribution is 0.0681. The third kappa shape index (κ3) is 4.07. The summed E-state index contributed by atoms with van der Waals surface area (Å²) in [6.45, 7) is 1.65. The van der Waals surface area contributed by atoms with Crippen molar-refractivity contribution in [3.8, 4) is 5.75 Å². The van der Waals surface area contributed by atoms with E-state index in [4.69, 9.17) is 4.74 Å². The molecule has 122 valence electrons. The summed E-state index contributed by atoms with van der Waals surface area (Å²) >= 11 is 1.22. The number of nitrogens with zero attached hydrogens (tertiary/aromatic N) is 3. The minimum Gasteiger partial charge on any atom is -0.497 e. The molecule has 6 heteroatoms. The molecule has 5 nitrogen and oxygen atoms in total. The number of carbonyl (C=O) groups excluding carboxylic acids is 1. The summed E-state index contributed by atoms with van der Waals surface area (Å²) in [4.78, 5) is 14.1. The summed E-state index contributed by atoms with van der Waals surface area (Å²) in [5, 5.41) is 5.59. The Kier molecular flexibility index (Phi) is 5.23. The fraction of sp³-hybridized carbons (Fsp3) is 0.471. The van der Waals surface area contributed by atoms with E-state index in [-0.39, 0.29) is 5.91 Å². The van der Waals surface area contributed by atoms with Crippen molar-refractivity contribution >= 4 is 17.4 Å². The van der Waals surface area contributed by atoms with Gasteiger partial charge >= 0.3 is 0 Å². The zero-order chi connectivity index (χ0) is 16.1. The summed E-state index contributed by atoms with van der Waals surface area (Å²) in [6, 6.07) is 8.29. The van der Waals surface area contributed by atoms with E-state index in [0.29, 0.717) is 11.6 Å². The van der Waals surface area contributed by atoms with Crippen molar-refractivity contribution in [1.82, 2.24) is 14.5 Å². The number of likely N-dealkylation sites (tertiary alicyclic amines) is 1. The Morgan fingerprint density at radius 1 is 1.30 bits per heavy atom. The Bertz CT molecular complexity index is 620. The van der Waals surface area contributed by atoms with Crippen molar-refractivity contribution in [1.29, 1.82) is 0 Å². The van der Waals surface area contributed by atoms with Gasteiger partial charge in [0.25, 0.3) is 5.91 Å². The van der Waals surface area contributed by atoms with Crippen LogP contribution in [0.2, 0.25) is 0 Å². The lowest BCUT2D eigenvalue weighted by Gasteiger charge is -2.31. The van der Waals surface area contributed by atoms with E-state index >= 15 is 0 Å². The molecule has 1 aliphatic rings. The minimum absolute atomic E-state index is 0.0207. The Morgan fingerprint density at radius 3 is 2.65 bits per heavy atom. The van der Waals surface area contributed by atoms with Crippen LogP contribution in [0.25, 0.3) is 0 Å². The molecule has 0 aliphatic carbocycles. The second kappa shape index (κ2) is 7.55. The molecule has 0 N–H and O–H groups in total. The summed E-state index contributed by atoms with van der Waals surface area (Å²) in [5.41, 5.74) is 1.82. The number of carbonyl (C=O) groups is 1. The average Bonchev–Trinajstić information content (AvgIpc) is 3.15. The molecule has 0 spiro atoms. The van der Waals surface area contributed by atoms with Crippen LogP contribution in [0.3, 0.4) is 0 Å². The predicted molar refractivity (Wildman–Crippen MR) is 89.9 cm³/mol. The molecule has 3 rings (SSSR count). The van der Waals surface area contributed by atoms with Gasteiger partial charge in [-0.3, -0.25) is 4.79 Å². The topological polar surface area (TPSA) is 55.3 Å². The second-order valence-electron chi connectivity index (χ2n) is 5.91. The molecule has 1 aromatic heterocycles. The average molecular weight is 331 g/mol. The molecule has 0 unspecified atom stereocenters. The normalized spacial score (nSPS) is 15.6. The van der Waals surface area contributed by atoms with Crippen LogP contribution >= 0.6 is 11.5 Å². The van der Waals surface area contributed by atoms with E-state index in [1.807, 2.05) is 17.0 Å². The molecular weight excluding hydrogens is 310 g/mol. The van der Waals surface area contributed by atoms with Gasteiger partial charge in [-0.25, -0.2) is 0 Å². The van der Waals surface area contributed by atoms with Crippen LogP contribution in [0.1, 0.15) is 35.3 Å². The molecule has 2 aromatic rings. The highest BCUT2D eigenvalue weighted by Gasteiger charge is 2.24. The number of hydrogen-bond acceptors (Lipinski definition) is 5. The molecule has 1 aromatic carbocycles. The van der Waals surface area contributed by atoms with E-state index < -0.39 is 0 Å². The molecule has 1 fully saturated rings. The zero-order valence-electron chi connectivity index (χ0n) is 13.3. The van der Waals surface area contributed by atoms with Crippen LogP contribution in [0.15, 0.2) is 29.6 Å². The molecule has 0 bridgehead atoms. The van der Waals surface area contributed by atoms with Crippen molar-refractivity contribution in [2.45, 2.75) is 25.7 Å². The molecule has 1 aliphatic heterocycles. The van der Waals surface area contributed by atoms with Gasteiger partial charge in [-0.1, -0.05) is 16.6 Å². The molecule has 0 saturated carbocycles. The molecular formula is C17H21N3O2S. The largest absolute Gasteiger partial charge is 0.497 e. The number of hydrogen-bond donors (Lipinski definition) is 0. The van der Waals surface area contributed by atoms with Crippen LogP contribution in [-0.4, -0.2) is 40.6 Å². The number of amides is 1. The van der Waals surface area contributed by atoms with Crippen molar-refractivity contribution in [2.75, 3.05) is 20.2 Å². The van der Waals surface area contributed by atoms with Crippen LogP contribution in [-0.2, 0) is 6.42 Å². The standard InChI is InChI=1S/C17H21N3O2S/c1-22-15-6-4-13(5-7-15)2-3-14-8-10-20(11-9-14)17(21)16-12-23-19-18-16/h4-7,12,14H,2-3,8-11H2,1H3. The van der Waals surface area contributed by atoms with Crippen LogP contribution in [0.5, 0.6) is 5.75 Å². The van der Waals surface area contributed by atoms with Gasteiger partial charge in [0, 0.05) is 18.5 Å². The predicted octanol–water partition coefficient (Wildman–Crippen LogP) is 3.03. The highest BCUT2D eigenvalue weighted by atomic mass is 32.1. The van der Waals surface area contributed by atoms with Gasteiger partial charge < -0.3 is 9.64 Å². The number of aryl methyl sites for hydroxylation is 1. The van der Waals surface area contributed by atoms with Crippen molar-refractivity contribution < 1.29 is 9.53 Å². The van der Waals surface area contributed by atoms with E-state index in [1.165, 1.54) is 23.5 Å². The first-order valence-corrected chi connectivity index (χ1v) is 8.79. The van der Waals surface area contributed by atoms with Gasteiger partial charge in [0.1, 0.15) is 5.75 Å². The van der Waals surface area contributed by atoms with Crippen molar-refractivity contribution in [2.24, 2.45) is 5.92 Å². The number of benzene rings is 1. The van der Waals surface area contributed by atoms with Crippen molar-refractivity contribution in [3.63, 3.8) is 0 Å². The summed E-state index contributed by atoms with van der Waals surface area (Å²) < 4.78 is 8.95. The Balaban J connectivity index is 1.44. The quantitative estimate of drug-likeness (QED) is 0.845. The number of methoxy groups -OCH3 is 1. The van der Waals surface area contributed by atoms with Gasteiger partial charge in [0.05, 0.1) is 7.11 Å². The summed E-state index contributed by atoms with van der Waals surface area (Å²) in [7, 11) is 1.69. The fourth-order valence-corrected chi connectivity index (χ4v) is 3.44. The maximum atomic E-state index is 12.2. The van der Waals surface area contributed by atoms with Crippen molar-refractivity contribution in [3.05, 3.63) is 40.9 Å². The van der Waals surface area contributed by atoms with Gasteiger partial charge in [-0.05, 0) is 60.8 Å². The maximum absolute atomic E-state index is 12.2. The number of piperidine rings is 1. The molecule has 1 saturated heterocycles. The third-order valence-electron chi connectivity index (χ3n) is 4.48. The fourth-order valence-electron chi connectivity index (χ4n) is 3.01. The van der Waals surface area contributed by atoms with Gasteiger partial charge in [-0.2, -0.15) is 0 Å². The highest BCUT2D eigenvalue weighted by Crippen LogP contribution is 2.24. The lowest BCUT2D eigenvalue weighted by atomic mass is 9.90. The van der Waals surface area contributed by atoms with E-state index in [2.05, 4.69) is 21.7 Å². The molecule has 0 radical (unpaired) electrons. The Morgan fingerprint density at radius 2 is 2.04 bits per heavy atom. The first-order valence-electron chi connectivity index (χ1n) is 7.95. The number of aromatic nitrogens is 2.